The van der Waals surface area contributed by atoms with E-state index in [0.29, 0.717) is 50.3 Å². The van der Waals surface area contributed by atoms with Crippen molar-refractivity contribution in [1.29, 1.82) is 0 Å². The van der Waals surface area contributed by atoms with Gasteiger partial charge >= 0.3 is 5.91 Å². The fourth-order valence-corrected chi connectivity index (χ4v) is 6.78. The number of rotatable bonds is 11. The minimum Gasteiger partial charge on any atom is -0.507 e. The molecule has 1 saturated heterocycles. The first-order valence-corrected chi connectivity index (χ1v) is 16.7. The maximum atomic E-state index is 13.6. The highest BCUT2D eigenvalue weighted by Crippen LogP contribution is 2.45. The zero-order valence-electron chi connectivity index (χ0n) is 24.1. The van der Waals surface area contributed by atoms with Gasteiger partial charge in [-0.25, -0.2) is 0 Å². The number of thioether (sulfide) groups is 1. The maximum absolute atomic E-state index is 13.6. The molecule has 0 saturated carbocycles. The van der Waals surface area contributed by atoms with E-state index in [1.807, 2.05) is 24.3 Å². The number of Topliss-reactive ketones (excluding diaryl/α,β-unsaturated/α-hetero) is 1. The Morgan fingerprint density at radius 3 is 2.48 bits per heavy atom. The van der Waals surface area contributed by atoms with E-state index in [1.54, 1.807) is 42.5 Å². The number of methoxy groups -OCH3 is 1. The topological polar surface area (TPSA) is 102 Å². The van der Waals surface area contributed by atoms with Crippen LogP contribution in [0.3, 0.4) is 0 Å². The summed E-state index contributed by atoms with van der Waals surface area (Å²) in [5, 5.41) is 20.9. The first kappa shape index (κ1) is 32.0. The Hall–Kier alpha value is -3.38. The Labute approximate surface area is 277 Å². The normalized spacial score (nSPS) is 16.1. The van der Waals surface area contributed by atoms with Crippen LogP contribution in [0.25, 0.3) is 5.76 Å². The maximum Gasteiger partial charge on any atom is 0.301 e. The number of ketones is 1. The number of hydrogen-bond donors (Lipinski definition) is 1. The van der Waals surface area contributed by atoms with Crippen LogP contribution in [0.1, 0.15) is 43.0 Å². The summed E-state index contributed by atoms with van der Waals surface area (Å²) in [7, 11) is 1.53. The van der Waals surface area contributed by atoms with Crippen molar-refractivity contribution in [3.8, 4) is 11.5 Å². The minimum absolute atomic E-state index is 0.0570. The lowest BCUT2D eigenvalue weighted by atomic mass is 9.95. The van der Waals surface area contributed by atoms with Crippen molar-refractivity contribution < 1.29 is 24.2 Å². The van der Waals surface area contributed by atoms with Gasteiger partial charge in [-0.2, -0.15) is 0 Å². The summed E-state index contributed by atoms with van der Waals surface area (Å²) in [6, 6.07) is 18.6. The number of ether oxygens (including phenoxy) is 2. The van der Waals surface area contributed by atoms with E-state index in [4.69, 9.17) is 21.1 Å². The van der Waals surface area contributed by atoms with E-state index >= 15 is 0 Å². The number of nitrogens with zero attached hydrogens (tertiary/aromatic N) is 3. The van der Waals surface area contributed by atoms with Gasteiger partial charge in [0.2, 0.25) is 5.13 Å². The number of aliphatic hydroxyl groups is 1. The fourth-order valence-electron chi connectivity index (χ4n) is 4.57. The smallest absolute Gasteiger partial charge is 0.301 e. The molecular formula is C32H29BrClN3O5S2. The average Bonchev–Trinajstić information content (AvgIpc) is 3.58. The lowest BCUT2D eigenvalue weighted by Gasteiger charge is -2.23. The van der Waals surface area contributed by atoms with Crippen molar-refractivity contribution in [1.82, 2.24) is 10.2 Å². The Balaban J connectivity index is 1.54. The van der Waals surface area contributed by atoms with E-state index in [1.165, 1.54) is 35.1 Å². The number of carbonyl (C=O) groups excluding carboxylic acids is 2. The molecule has 1 aromatic heterocycles. The monoisotopic (exact) mass is 713 g/mol. The summed E-state index contributed by atoms with van der Waals surface area (Å²) in [5.41, 5.74) is 1.93. The first-order valence-electron chi connectivity index (χ1n) is 13.7. The molecule has 3 aromatic carbocycles. The van der Waals surface area contributed by atoms with Crippen molar-refractivity contribution in [2.24, 2.45) is 5.92 Å². The van der Waals surface area contributed by atoms with Gasteiger partial charge in [-0.1, -0.05) is 94.8 Å². The summed E-state index contributed by atoms with van der Waals surface area (Å²) >= 11 is 12.1. The molecule has 12 heteroatoms. The molecule has 1 atom stereocenters. The van der Waals surface area contributed by atoms with Crippen LogP contribution in [-0.4, -0.2) is 40.7 Å². The van der Waals surface area contributed by atoms with Crippen LogP contribution in [0, 0.1) is 5.92 Å². The Bertz CT molecular complexity index is 1690. The first-order chi connectivity index (χ1) is 21.2. The largest absolute Gasteiger partial charge is 0.507 e. The summed E-state index contributed by atoms with van der Waals surface area (Å²) < 4.78 is 13.0. The van der Waals surface area contributed by atoms with Gasteiger partial charge in [-0.05, 0) is 59.9 Å². The molecule has 5 rings (SSSR count). The Kier molecular flexibility index (Phi) is 10.3. The number of amides is 1. The number of hydrogen-bond acceptors (Lipinski definition) is 9. The lowest BCUT2D eigenvalue weighted by Crippen LogP contribution is -2.29. The van der Waals surface area contributed by atoms with Gasteiger partial charge < -0.3 is 14.6 Å². The van der Waals surface area contributed by atoms with Crippen LogP contribution in [-0.2, 0) is 15.3 Å². The van der Waals surface area contributed by atoms with Gasteiger partial charge in [0.1, 0.15) is 5.76 Å². The molecule has 0 spiro atoms. The molecule has 1 aliphatic rings. The second-order valence-corrected chi connectivity index (χ2v) is 13.9. The molecule has 1 fully saturated rings. The Morgan fingerprint density at radius 1 is 1.07 bits per heavy atom. The summed E-state index contributed by atoms with van der Waals surface area (Å²) in [4.78, 5) is 28.5. The third kappa shape index (κ3) is 7.12. The lowest BCUT2D eigenvalue weighted by molar-refractivity contribution is -0.132. The molecule has 1 unspecified atom stereocenters. The van der Waals surface area contributed by atoms with E-state index in [-0.39, 0.29) is 16.5 Å². The zero-order valence-corrected chi connectivity index (χ0v) is 28.1. The molecular weight excluding hydrogens is 686 g/mol. The molecule has 1 amide bonds. The van der Waals surface area contributed by atoms with Crippen molar-refractivity contribution in [2.75, 3.05) is 18.6 Å². The summed E-state index contributed by atoms with van der Waals surface area (Å²) in [6.45, 7) is 4.75. The SMILES string of the molecule is COc1cc(C2/C(=C(/O)c3ccc(Br)cc3)C(=O)C(=O)N2c2nnc(SCc3ccc(Cl)cc3)s2)ccc1OCCC(C)C. The fraction of sp³-hybridized carbons (Fsp3) is 0.250. The van der Waals surface area contributed by atoms with E-state index in [0.717, 1.165) is 16.5 Å². The van der Waals surface area contributed by atoms with Gasteiger partial charge in [-0.15, -0.1) is 10.2 Å². The quantitative estimate of drug-likeness (QED) is 0.0545. The molecule has 8 nitrogen and oxygen atoms in total. The standard InChI is InChI=1S/C32H29BrClN3O5S2/c1-18(2)14-15-42-24-13-8-21(16-25(24)41-3)27-26(28(38)20-6-9-22(33)10-7-20)29(39)30(40)37(27)31-35-36-32(44-31)43-17-19-4-11-23(34)12-5-19/h4-13,16,18,27,38H,14-15,17H2,1-3H3/b28-26-. The van der Waals surface area contributed by atoms with Gasteiger partial charge in [0.15, 0.2) is 15.8 Å². The molecule has 0 bridgehead atoms. The number of carbonyl (C=O) groups is 2. The highest BCUT2D eigenvalue weighted by Gasteiger charge is 2.48. The van der Waals surface area contributed by atoms with Crippen LogP contribution in [0.4, 0.5) is 5.13 Å². The van der Waals surface area contributed by atoms with Crippen LogP contribution in [0.2, 0.25) is 5.02 Å². The second-order valence-electron chi connectivity index (χ2n) is 10.4. The molecule has 0 radical (unpaired) electrons. The number of aromatic nitrogens is 2. The number of benzene rings is 3. The predicted molar refractivity (Wildman–Crippen MR) is 178 cm³/mol. The molecule has 4 aromatic rings. The van der Waals surface area contributed by atoms with Crippen LogP contribution in [0.15, 0.2) is 81.1 Å². The van der Waals surface area contributed by atoms with Gasteiger partial charge in [0.25, 0.3) is 5.78 Å². The van der Waals surface area contributed by atoms with Crippen molar-refractivity contribution in [2.45, 2.75) is 36.4 Å². The molecule has 228 valence electrons. The molecule has 0 aliphatic carbocycles. The van der Waals surface area contributed by atoms with Crippen molar-refractivity contribution in [3.05, 3.63) is 98.5 Å². The average molecular weight is 715 g/mol. The third-order valence-corrected chi connectivity index (χ3v) is 9.80. The van der Waals surface area contributed by atoms with Crippen LogP contribution < -0.4 is 14.4 Å². The highest BCUT2D eigenvalue weighted by atomic mass is 79.9. The van der Waals surface area contributed by atoms with E-state index in [9.17, 15) is 14.7 Å². The number of aliphatic hydroxyl groups excluding tert-OH is 1. The summed E-state index contributed by atoms with van der Waals surface area (Å²) in [5.74, 6) is 0.150. The van der Waals surface area contributed by atoms with E-state index < -0.39 is 17.7 Å². The van der Waals surface area contributed by atoms with Gasteiger partial charge in [0.05, 0.1) is 25.3 Å². The van der Waals surface area contributed by atoms with Crippen LogP contribution >= 0.6 is 50.6 Å². The van der Waals surface area contributed by atoms with Gasteiger partial charge in [0, 0.05) is 20.8 Å². The number of anilines is 1. The Morgan fingerprint density at radius 2 is 1.80 bits per heavy atom. The van der Waals surface area contributed by atoms with Crippen molar-refractivity contribution in [3.63, 3.8) is 0 Å². The molecule has 1 aliphatic heterocycles. The van der Waals surface area contributed by atoms with Gasteiger partial charge in [-0.3, -0.25) is 14.5 Å². The van der Waals surface area contributed by atoms with Crippen molar-refractivity contribution >= 4 is 73.2 Å². The number of halogens is 2. The van der Waals surface area contributed by atoms with Crippen LogP contribution in [0.5, 0.6) is 11.5 Å². The molecule has 2 heterocycles. The minimum atomic E-state index is -0.987. The predicted octanol–water partition coefficient (Wildman–Crippen LogP) is 8.31. The molecule has 44 heavy (non-hydrogen) atoms. The third-order valence-electron chi connectivity index (χ3n) is 6.90. The zero-order chi connectivity index (χ0) is 31.4. The van der Waals surface area contributed by atoms with E-state index in [2.05, 4.69) is 40.0 Å². The highest BCUT2D eigenvalue weighted by molar-refractivity contribution is 9.10. The molecule has 1 N–H and O–H groups in total. The second kappa shape index (κ2) is 14.2. The summed E-state index contributed by atoms with van der Waals surface area (Å²) in [6.07, 6.45) is 0.869.